The minimum atomic E-state index is -0.316. The van der Waals surface area contributed by atoms with Gasteiger partial charge in [0.25, 0.3) is 0 Å². The number of amides is 2. The van der Waals surface area contributed by atoms with Crippen LogP contribution in [-0.4, -0.2) is 12.1 Å². The SMILES string of the molecule is CC(C)Oc1ccc(NC(=O)Nc2ccc(Oc3ccccc3)cc2)cc1. The normalized spacial score (nSPS) is 10.3. The largest absolute Gasteiger partial charge is 0.491 e. The molecule has 5 nitrogen and oxygen atoms in total. The molecule has 3 rings (SSSR count). The van der Waals surface area contributed by atoms with E-state index in [1.54, 1.807) is 36.4 Å². The van der Waals surface area contributed by atoms with Gasteiger partial charge in [0.2, 0.25) is 0 Å². The lowest BCUT2D eigenvalue weighted by Gasteiger charge is -2.11. The summed E-state index contributed by atoms with van der Waals surface area (Å²) < 4.78 is 11.3. The van der Waals surface area contributed by atoms with Crippen molar-refractivity contribution in [2.75, 3.05) is 10.6 Å². The molecule has 0 saturated carbocycles. The molecule has 0 fully saturated rings. The van der Waals surface area contributed by atoms with Crippen LogP contribution in [0.25, 0.3) is 0 Å². The smallest absolute Gasteiger partial charge is 0.323 e. The first-order valence-electron chi connectivity index (χ1n) is 8.76. The highest BCUT2D eigenvalue weighted by Crippen LogP contribution is 2.23. The third-order valence-corrected chi connectivity index (χ3v) is 3.58. The molecule has 0 heterocycles. The molecular formula is C22H22N2O3. The zero-order valence-electron chi connectivity index (χ0n) is 15.3. The van der Waals surface area contributed by atoms with E-state index in [1.807, 2.05) is 56.3 Å². The maximum absolute atomic E-state index is 12.1. The number of anilines is 2. The molecule has 0 unspecified atom stereocenters. The number of rotatable bonds is 6. The molecule has 3 aromatic carbocycles. The quantitative estimate of drug-likeness (QED) is 0.573. The molecule has 0 bridgehead atoms. The number of urea groups is 1. The summed E-state index contributed by atoms with van der Waals surface area (Å²) in [6, 6.07) is 23.7. The highest BCUT2D eigenvalue weighted by molar-refractivity contribution is 5.99. The summed E-state index contributed by atoms with van der Waals surface area (Å²) in [5, 5.41) is 5.58. The number of para-hydroxylation sites is 1. The van der Waals surface area contributed by atoms with Gasteiger partial charge in [0.1, 0.15) is 17.2 Å². The Labute approximate surface area is 158 Å². The maximum atomic E-state index is 12.1. The van der Waals surface area contributed by atoms with E-state index in [-0.39, 0.29) is 12.1 Å². The van der Waals surface area contributed by atoms with Crippen LogP contribution < -0.4 is 20.1 Å². The minimum Gasteiger partial charge on any atom is -0.491 e. The third kappa shape index (κ3) is 5.78. The molecular weight excluding hydrogens is 340 g/mol. The Kier molecular flexibility index (Phi) is 5.94. The van der Waals surface area contributed by atoms with Gasteiger partial charge < -0.3 is 20.1 Å². The van der Waals surface area contributed by atoms with E-state index in [2.05, 4.69) is 10.6 Å². The first kappa shape index (κ1) is 18.3. The lowest BCUT2D eigenvalue weighted by atomic mass is 10.3. The monoisotopic (exact) mass is 362 g/mol. The first-order chi connectivity index (χ1) is 13.1. The van der Waals surface area contributed by atoms with Crippen molar-refractivity contribution < 1.29 is 14.3 Å². The van der Waals surface area contributed by atoms with Gasteiger partial charge in [-0.25, -0.2) is 4.79 Å². The van der Waals surface area contributed by atoms with Crippen molar-refractivity contribution in [2.45, 2.75) is 20.0 Å². The number of ether oxygens (including phenoxy) is 2. The number of carbonyl (C=O) groups is 1. The van der Waals surface area contributed by atoms with Gasteiger partial charge in [-0.05, 0) is 74.5 Å². The summed E-state index contributed by atoms with van der Waals surface area (Å²) in [5.41, 5.74) is 1.36. The standard InChI is InChI=1S/C22H22N2O3/c1-16(2)26-20-12-8-17(9-13-20)23-22(25)24-18-10-14-21(15-11-18)27-19-6-4-3-5-7-19/h3-16H,1-2H3,(H2,23,24,25). The van der Waals surface area contributed by atoms with Crippen LogP contribution in [0.5, 0.6) is 17.2 Å². The van der Waals surface area contributed by atoms with E-state index in [0.29, 0.717) is 17.1 Å². The van der Waals surface area contributed by atoms with Crippen molar-refractivity contribution in [1.29, 1.82) is 0 Å². The molecule has 138 valence electrons. The van der Waals surface area contributed by atoms with E-state index in [4.69, 9.17) is 9.47 Å². The van der Waals surface area contributed by atoms with Crippen molar-refractivity contribution in [3.8, 4) is 17.2 Å². The molecule has 0 aliphatic heterocycles. The Morgan fingerprint density at radius 1 is 0.704 bits per heavy atom. The average molecular weight is 362 g/mol. The van der Waals surface area contributed by atoms with Crippen LogP contribution in [0.2, 0.25) is 0 Å². The second-order valence-electron chi connectivity index (χ2n) is 6.21. The highest BCUT2D eigenvalue weighted by Gasteiger charge is 2.04. The number of hydrogen-bond donors (Lipinski definition) is 2. The van der Waals surface area contributed by atoms with E-state index in [0.717, 1.165) is 11.5 Å². The Balaban J connectivity index is 1.53. The van der Waals surface area contributed by atoms with Crippen molar-refractivity contribution in [2.24, 2.45) is 0 Å². The molecule has 3 aromatic rings. The van der Waals surface area contributed by atoms with E-state index in [1.165, 1.54) is 0 Å². The number of nitrogens with one attached hydrogen (secondary N) is 2. The molecule has 27 heavy (non-hydrogen) atoms. The summed E-state index contributed by atoms with van der Waals surface area (Å²) >= 11 is 0. The number of hydrogen-bond acceptors (Lipinski definition) is 3. The molecule has 5 heteroatoms. The minimum absolute atomic E-state index is 0.112. The van der Waals surface area contributed by atoms with Crippen molar-refractivity contribution in [3.63, 3.8) is 0 Å². The Hall–Kier alpha value is -3.47. The van der Waals surface area contributed by atoms with Gasteiger partial charge in [-0.1, -0.05) is 18.2 Å². The van der Waals surface area contributed by atoms with Crippen LogP contribution in [0.3, 0.4) is 0 Å². The fraction of sp³-hybridized carbons (Fsp3) is 0.136. The van der Waals surface area contributed by atoms with Crippen LogP contribution >= 0.6 is 0 Å². The summed E-state index contributed by atoms with van der Waals surface area (Å²) in [5.74, 6) is 2.23. The topological polar surface area (TPSA) is 59.6 Å². The maximum Gasteiger partial charge on any atom is 0.323 e. The van der Waals surface area contributed by atoms with Crippen LogP contribution in [0, 0.1) is 0 Å². The van der Waals surface area contributed by atoms with E-state index >= 15 is 0 Å². The zero-order chi connectivity index (χ0) is 19.1. The predicted molar refractivity (Wildman–Crippen MR) is 108 cm³/mol. The molecule has 0 atom stereocenters. The zero-order valence-corrected chi connectivity index (χ0v) is 15.3. The Morgan fingerprint density at radius 3 is 1.70 bits per heavy atom. The molecule has 2 N–H and O–H groups in total. The molecule has 0 saturated heterocycles. The van der Waals surface area contributed by atoms with Crippen LogP contribution in [-0.2, 0) is 0 Å². The lowest BCUT2D eigenvalue weighted by Crippen LogP contribution is -2.19. The summed E-state index contributed by atoms with van der Waals surface area (Å²) in [6.07, 6.45) is 0.112. The van der Waals surface area contributed by atoms with Crippen LogP contribution in [0.15, 0.2) is 78.9 Å². The van der Waals surface area contributed by atoms with Gasteiger partial charge in [0.05, 0.1) is 6.10 Å². The fourth-order valence-corrected chi connectivity index (χ4v) is 2.41. The van der Waals surface area contributed by atoms with Gasteiger partial charge in [0.15, 0.2) is 0 Å². The molecule has 0 aliphatic rings. The Morgan fingerprint density at radius 2 is 1.19 bits per heavy atom. The highest BCUT2D eigenvalue weighted by atomic mass is 16.5. The van der Waals surface area contributed by atoms with Crippen molar-refractivity contribution in [1.82, 2.24) is 0 Å². The van der Waals surface area contributed by atoms with Gasteiger partial charge in [-0.15, -0.1) is 0 Å². The van der Waals surface area contributed by atoms with Gasteiger partial charge >= 0.3 is 6.03 Å². The second-order valence-corrected chi connectivity index (χ2v) is 6.21. The summed E-state index contributed by atoms with van der Waals surface area (Å²) in [7, 11) is 0. The Bertz CT molecular complexity index is 860. The number of benzene rings is 3. The third-order valence-electron chi connectivity index (χ3n) is 3.58. The van der Waals surface area contributed by atoms with E-state index in [9.17, 15) is 4.79 Å². The van der Waals surface area contributed by atoms with Crippen molar-refractivity contribution in [3.05, 3.63) is 78.9 Å². The van der Waals surface area contributed by atoms with Crippen molar-refractivity contribution >= 4 is 17.4 Å². The van der Waals surface area contributed by atoms with E-state index < -0.39 is 0 Å². The molecule has 0 aromatic heterocycles. The first-order valence-corrected chi connectivity index (χ1v) is 8.76. The molecule has 2 amide bonds. The fourth-order valence-electron chi connectivity index (χ4n) is 2.41. The van der Waals surface area contributed by atoms with Gasteiger partial charge in [0, 0.05) is 11.4 Å². The average Bonchev–Trinajstić information content (AvgIpc) is 2.65. The number of carbonyl (C=O) groups excluding carboxylic acids is 1. The van der Waals surface area contributed by atoms with Crippen LogP contribution in [0.4, 0.5) is 16.2 Å². The second kappa shape index (κ2) is 8.76. The summed E-state index contributed by atoms with van der Waals surface area (Å²) in [6.45, 7) is 3.94. The predicted octanol–water partition coefficient (Wildman–Crippen LogP) is 5.91. The van der Waals surface area contributed by atoms with Crippen LogP contribution in [0.1, 0.15) is 13.8 Å². The lowest BCUT2D eigenvalue weighted by molar-refractivity contribution is 0.242. The molecule has 0 aliphatic carbocycles. The van der Waals surface area contributed by atoms with Gasteiger partial charge in [-0.2, -0.15) is 0 Å². The molecule has 0 radical (unpaired) electrons. The molecule has 0 spiro atoms. The van der Waals surface area contributed by atoms with Gasteiger partial charge in [-0.3, -0.25) is 0 Å². The summed E-state index contributed by atoms with van der Waals surface area (Å²) in [4.78, 5) is 12.1.